The molecule has 1 aromatic heterocycles. The number of aromatic nitrogens is 2. The number of hydrogen-bond donors (Lipinski definition) is 1. The number of piperidine rings is 1. The van der Waals surface area contributed by atoms with Crippen molar-refractivity contribution in [3.63, 3.8) is 0 Å². The molecule has 0 bridgehead atoms. The second-order valence-corrected chi connectivity index (χ2v) is 4.92. The van der Waals surface area contributed by atoms with E-state index in [1.54, 1.807) is 7.11 Å². The Morgan fingerprint density at radius 2 is 2.21 bits per heavy atom. The van der Waals surface area contributed by atoms with E-state index in [9.17, 15) is 0 Å². The summed E-state index contributed by atoms with van der Waals surface area (Å²) in [6, 6.07) is 0. The molecule has 2 heterocycles. The van der Waals surface area contributed by atoms with E-state index in [0.717, 1.165) is 25.9 Å². The van der Waals surface area contributed by atoms with Crippen LogP contribution in [0.4, 0.5) is 0 Å². The maximum Gasteiger partial charge on any atom is 0.228 e. The molecular weight excluding hydrogens is 246 g/mol. The van der Waals surface area contributed by atoms with Gasteiger partial charge in [0.15, 0.2) is 5.82 Å². The molecule has 6 heteroatoms. The molecule has 0 saturated carbocycles. The summed E-state index contributed by atoms with van der Waals surface area (Å²) in [6.45, 7) is 4.72. The lowest BCUT2D eigenvalue weighted by molar-refractivity contribution is 0.0322. The lowest BCUT2D eigenvalue weighted by atomic mass is 10.1. The number of ether oxygens (including phenoxy) is 2. The van der Waals surface area contributed by atoms with Gasteiger partial charge in [0.2, 0.25) is 5.89 Å². The molecular formula is C13H23N3O3. The summed E-state index contributed by atoms with van der Waals surface area (Å²) >= 11 is 0. The molecule has 6 nitrogen and oxygen atoms in total. The van der Waals surface area contributed by atoms with Gasteiger partial charge < -0.3 is 19.3 Å². The zero-order valence-electron chi connectivity index (χ0n) is 11.7. The molecule has 0 aliphatic carbocycles. The average Bonchev–Trinajstić information content (AvgIpc) is 2.87. The zero-order chi connectivity index (χ0) is 13.5. The quantitative estimate of drug-likeness (QED) is 0.795. The maximum absolute atomic E-state index is 5.81. The van der Waals surface area contributed by atoms with Crippen molar-refractivity contribution < 1.29 is 14.0 Å². The molecule has 2 rings (SSSR count). The van der Waals surface area contributed by atoms with E-state index in [4.69, 9.17) is 14.0 Å². The topological polar surface area (TPSA) is 69.4 Å². The molecule has 1 N–H and O–H groups in total. The first-order chi connectivity index (χ1) is 9.28. The molecule has 0 spiro atoms. The maximum atomic E-state index is 5.81. The minimum Gasteiger partial charge on any atom is -0.381 e. The van der Waals surface area contributed by atoms with Crippen LogP contribution in [-0.4, -0.2) is 49.2 Å². The Morgan fingerprint density at radius 3 is 2.95 bits per heavy atom. The highest BCUT2D eigenvalue weighted by atomic mass is 16.5. The number of methoxy groups -OCH3 is 1. The normalized spacial score (nSPS) is 18.6. The van der Waals surface area contributed by atoms with Gasteiger partial charge in [0.05, 0.1) is 25.2 Å². The van der Waals surface area contributed by atoms with Crippen molar-refractivity contribution in [1.29, 1.82) is 0 Å². The van der Waals surface area contributed by atoms with Crippen molar-refractivity contribution in [2.45, 2.75) is 44.8 Å². The molecule has 1 fully saturated rings. The highest BCUT2D eigenvalue weighted by Crippen LogP contribution is 2.08. The Bertz CT molecular complexity index is 364. The summed E-state index contributed by atoms with van der Waals surface area (Å²) < 4.78 is 16.2. The Kier molecular flexibility index (Phi) is 5.75. The van der Waals surface area contributed by atoms with E-state index in [2.05, 4.69) is 15.5 Å². The summed E-state index contributed by atoms with van der Waals surface area (Å²) in [4.78, 5) is 4.33. The van der Waals surface area contributed by atoms with Gasteiger partial charge in [0.25, 0.3) is 0 Å². The summed E-state index contributed by atoms with van der Waals surface area (Å²) in [5.41, 5.74) is 0. The number of nitrogens with one attached hydrogen (secondary N) is 1. The number of hydrogen-bond acceptors (Lipinski definition) is 6. The molecule has 0 radical (unpaired) electrons. The van der Waals surface area contributed by atoms with Crippen LogP contribution in [0.25, 0.3) is 0 Å². The highest BCUT2D eigenvalue weighted by molar-refractivity contribution is 4.88. The van der Waals surface area contributed by atoms with E-state index < -0.39 is 0 Å². The van der Waals surface area contributed by atoms with Gasteiger partial charge in [0.1, 0.15) is 0 Å². The minimum atomic E-state index is 0.108. The molecule has 1 atom stereocenters. The predicted molar refractivity (Wildman–Crippen MR) is 70.0 cm³/mol. The van der Waals surface area contributed by atoms with Crippen LogP contribution in [0.1, 0.15) is 31.5 Å². The van der Waals surface area contributed by atoms with Crippen molar-refractivity contribution in [3.05, 3.63) is 11.7 Å². The van der Waals surface area contributed by atoms with Crippen LogP contribution in [0.2, 0.25) is 0 Å². The third kappa shape index (κ3) is 4.89. The highest BCUT2D eigenvalue weighted by Gasteiger charge is 2.14. The monoisotopic (exact) mass is 269 g/mol. The van der Waals surface area contributed by atoms with Crippen LogP contribution in [0.3, 0.4) is 0 Å². The number of nitrogens with zero attached hydrogens (tertiary/aromatic N) is 2. The van der Waals surface area contributed by atoms with Crippen LogP contribution in [-0.2, 0) is 22.3 Å². The number of rotatable bonds is 7. The largest absolute Gasteiger partial charge is 0.381 e. The van der Waals surface area contributed by atoms with E-state index >= 15 is 0 Å². The van der Waals surface area contributed by atoms with E-state index in [1.165, 1.54) is 0 Å². The molecule has 1 unspecified atom stereocenters. The first kappa shape index (κ1) is 14.4. The van der Waals surface area contributed by atoms with Crippen molar-refractivity contribution in [3.8, 4) is 0 Å². The van der Waals surface area contributed by atoms with Gasteiger partial charge >= 0.3 is 0 Å². The molecule has 0 aromatic carbocycles. The van der Waals surface area contributed by atoms with Gasteiger partial charge in [-0.15, -0.1) is 0 Å². The van der Waals surface area contributed by atoms with Crippen molar-refractivity contribution in [1.82, 2.24) is 15.5 Å². The molecule has 108 valence electrons. The van der Waals surface area contributed by atoms with Gasteiger partial charge in [-0.2, -0.15) is 4.98 Å². The van der Waals surface area contributed by atoms with E-state index in [0.29, 0.717) is 37.3 Å². The first-order valence-electron chi connectivity index (χ1n) is 6.94. The Labute approximate surface area is 113 Å². The van der Waals surface area contributed by atoms with Crippen LogP contribution in [0.15, 0.2) is 4.52 Å². The summed E-state index contributed by atoms with van der Waals surface area (Å²) in [5, 5.41) is 7.25. The average molecular weight is 269 g/mol. The fourth-order valence-corrected chi connectivity index (χ4v) is 2.09. The van der Waals surface area contributed by atoms with Crippen LogP contribution < -0.4 is 5.32 Å². The van der Waals surface area contributed by atoms with Crippen LogP contribution in [0.5, 0.6) is 0 Å². The molecule has 19 heavy (non-hydrogen) atoms. The SMILES string of the molecule is COC(C)Cc1noc(CCOC2CCNCC2)n1. The second-order valence-electron chi connectivity index (χ2n) is 4.92. The Balaban J connectivity index is 1.68. The van der Waals surface area contributed by atoms with Crippen molar-refractivity contribution >= 4 is 0 Å². The standard InChI is InChI=1S/C13H23N3O3/c1-10(17-2)9-12-15-13(19-16-12)5-8-18-11-3-6-14-7-4-11/h10-11,14H,3-9H2,1-2H3. The molecule has 1 aromatic rings. The Hall–Kier alpha value is -0.980. The van der Waals surface area contributed by atoms with Gasteiger partial charge in [-0.05, 0) is 32.9 Å². The van der Waals surface area contributed by atoms with E-state index in [-0.39, 0.29) is 6.10 Å². The second kappa shape index (κ2) is 7.57. The molecule has 1 saturated heterocycles. The van der Waals surface area contributed by atoms with Crippen molar-refractivity contribution in [2.75, 3.05) is 26.8 Å². The Morgan fingerprint density at radius 1 is 1.42 bits per heavy atom. The molecule has 1 aliphatic heterocycles. The molecule has 0 amide bonds. The fourth-order valence-electron chi connectivity index (χ4n) is 2.09. The third-order valence-corrected chi connectivity index (χ3v) is 3.34. The van der Waals surface area contributed by atoms with Gasteiger partial charge in [0, 0.05) is 13.5 Å². The first-order valence-corrected chi connectivity index (χ1v) is 6.94. The fraction of sp³-hybridized carbons (Fsp3) is 0.846. The third-order valence-electron chi connectivity index (χ3n) is 3.34. The van der Waals surface area contributed by atoms with E-state index in [1.807, 2.05) is 6.92 Å². The lowest BCUT2D eigenvalue weighted by Crippen LogP contribution is -2.32. The van der Waals surface area contributed by atoms with Crippen LogP contribution in [0, 0.1) is 0 Å². The molecule has 1 aliphatic rings. The summed E-state index contributed by atoms with van der Waals surface area (Å²) in [5.74, 6) is 1.35. The van der Waals surface area contributed by atoms with Crippen molar-refractivity contribution in [2.24, 2.45) is 0 Å². The minimum absolute atomic E-state index is 0.108. The summed E-state index contributed by atoms with van der Waals surface area (Å²) in [6.07, 6.45) is 4.00. The lowest BCUT2D eigenvalue weighted by Gasteiger charge is -2.22. The van der Waals surface area contributed by atoms with Gasteiger partial charge in [-0.3, -0.25) is 0 Å². The summed E-state index contributed by atoms with van der Waals surface area (Å²) in [7, 11) is 1.68. The van der Waals surface area contributed by atoms with Crippen LogP contribution >= 0.6 is 0 Å². The van der Waals surface area contributed by atoms with Gasteiger partial charge in [-0.25, -0.2) is 0 Å². The zero-order valence-corrected chi connectivity index (χ0v) is 11.7. The smallest absolute Gasteiger partial charge is 0.228 e. The van der Waals surface area contributed by atoms with Gasteiger partial charge in [-0.1, -0.05) is 5.16 Å². The predicted octanol–water partition coefficient (Wildman–Crippen LogP) is 0.958.